The second-order valence-corrected chi connectivity index (χ2v) is 8.61. The van der Waals surface area contributed by atoms with Gasteiger partial charge in [0, 0.05) is 36.3 Å². The molecule has 0 radical (unpaired) electrons. The molecule has 142 valence electrons. The van der Waals surface area contributed by atoms with Gasteiger partial charge in [0.2, 0.25) is 0 Å². The smallest absolute Gasteiger partial charge is 0.0931 e. The van der Waals surface area contributed by atoms with Gasteiger partial charge in [-0.15, -0.1) is 11.3 Å². The molecule has 2 aromatic heterocycles. The van der Waals surface area contributed by atoms with E-state index in [0.717, 1.165) is 24.9 Å². The van der Waals surface area contributed by atoms with E-state index in [4.69, 9.17) is 0 Å². The maximum atomic E-state index is 4.65. The largest absolute Gasteiger partial charge is 0.249 e. The van der Waals surface area contributed by atoms with Crippen molar-refractivity contribution >= 4 is 11.3 Å². The van der Waals surface area contributed by atoms with Gasteiger partial charge in [-0.2, -0.15) is 5.10 Å². The third kappa shape index (κ3) is 4.57. The quantitative estimate of drug-likeness (QED) is 0.399. The Kier molecular flexibility index (Phi) is 5.68. The Morgan fingerprint density at radius 3 is 2.57 bits per heavy atom. The van der Waals surface area contributed by atoms with Crippen molar-refractivity contribution in [2.45, 2.75) is 39.0 Å². The summed E-state index contributed by atoms with van der Waals surface area (Å²) >= 11 is 1.82. The van der Waals surface area contributed by atoms with Crippen LogP contribution in [0, 0.1) is 0 Å². The van der Waals surface area contributed by atoms with Crippen molar-refractivity contribution < 1.29 is 0 Å². The number of benzene rings is 2. The summed E-state index contributed by atoms with van der Waals surface area (Å²) in [5.74, 6) is 0.586. The molecule has 0 amide bonds. The molecule has 0 aliphatic heterocycles. The van der Waals surface area contributed by atoms with Crippen LogP contribution in [0.4, 0.5) is 0 Å². The second kappa shape index (κ2) is 8.53. The lowest BCUT2D eigenvalue weighted by atomic mass is 10.0. The van der Waals surface area contributed by atoms with Crippen LogP contribution in [0.3, 0.4) is 0 Å². The molecule has 0 bridgehead atoms. The first kappa shape index (κ1) is 18.6. The van der Waals surface area contributed by atoms with E-state index in [2.05, 4.69) is 72.5 Å². The maximum Gasteiger partial charge on any atom is 0.0931 e. The van der Waals surface area contributed by atoms with E-state index in [0.29, 0.717) is 5.92 Å². The summed E-state index contributed by atoms with van der Waals surface area (Å²) in [7, 11) is 0. The molecule has 0 aliphatic rings. The van der Waals surface area contributed by atoms with E-state index in [1.165, 1.54) is 26.6 Å². The fourth-order valence-corrected chi connectivity index (χ4v) is 4.25. The Bertz CT molecular complexity index is 1010. The highest BCUT2D eigenvalue weighted by Crippen LogP contribution is 2.21. The highest BCUT2D eigenvalue weighted by Gasteiger charge is 2.06. The van der Waals surface area contributed by atoms with Crippen LogP contribution < -0.4 is 0 Å². The third-order valence-electron chi connectivity index (χ3n) is 4.93. The summed E-state index contributed by atoms with van der Waals surface area (Å²) < 4.78 is 1.90. The van der Waals surface area contributed by atoms with Crippen molar-refractivity contribution in [1.29, 1.82) is 0 Å². The first-order valence-corrected chi connectivity index (χ1v) is 10.6. The summed E-state index contributed by atoms with van der Waals surface area (Å²) in [6, 6.07) is 19.5. The Morgan fingerprint density at radius 1 is 0.964 bits per heavy atom. The summed E-state index contributed by atoms with van der Waals surface area (Å²) in [4.78, 5) is 5.95. The average Bonchev–Trinajstić information content (AvgIpc) is 3.39. The Morgan fingerprint density at radius 2 is 1.82 bits per heavy atom. The molecule has 28 heavy (non-hydrogen) atoms. The lowest BCUT2D eigenvalue weighted by molar-refractivity contribution is 0.862. The van der Waals surface area contributed by atoms with E-state index in [1.54, 1.807) is 6.20 Å². The van der Waals surface area contributed by atoms with E-state index in [-0.39, 0.29) is 0 Å². The van der Waals surface area contributed by atoms with Crippen molar-refractivity contribution in [2.24, 2.45) is 0 Å². The molecule has 0 saturated heterocycles. The van der Waals surface area contributed by atoms with Gasteiger partial charge >= 0.3 is 0 Å². The minimum Gasteiger partial charge on any atom is -0.249 e. The van der Waals surface area contributed by atoms with Crippen LogP contribution in [0.25, 0.3) is 5.69 Å². The zero-order chi connectivity index (χ0) is 19.3. The predicted octanol–water partition coefficient (Wildman–Crippen LogP) is 5.83. The van der Waals surface area contributed by atoms with Gasteiger partial charge in [0.1, 0.15) is 0 Å². The summed E-state index contributed by atoms with van der Waals surface area (Å²) in [6.45, 7) is 4.47. The molecule has 0 atom stereocenters. The van der Waals surface area contributed by atoms with Gasteiger partial charge in [-0.05, 0) is 47.2 Å². The van der Waals surface area contributed by atoms with Crippen LogP contribution in [0.5, 0.6) is 0 Å². The Hall–Kier alpha value is -2.72. The van der Waals surface area contributed by atoms with E-state index < -0.39 is 0 Å². The van der Waals surface area contributed by atoms with Gasteiger partial charge in [-0.1, -0.05) is 50.2 Å². The van der Waals surface area contributed by atoms with E-state index >= 15 is 0 Å². The number of thiazole rings is 1. The normalized spacial score (nSPS) is 11.2. The van der Waals surface area contributed by atoms with Gasteiger partial charge in [0.15, 0.2) is 0 Å². The van der Waals surface area contributed by atoms with Crippen molar-refractivity contribution in [3.05, 3.63) is 99.8 Å². The average molecular weight is 388 g/mol. The van der Waals surface area contributed by atoms with Gasteiger partial charge in [-0.25, -0.2) is 9.67 Å². The zero-order valence-electron chi connectivity index (χ0n) is 16.4. The van der Waals surface area contributed by atoms with Crippen LogP contribution in [0.2, 0.25) is 0 Å². The number of rotatable bonds is 7. The van der Waals surface area contributed by atoms with Gasteiger partial charge in [0.05, 0.1) is 10.7 Å². The molecule has 2 heterocycles. The molecule has 0 N–H and O–H groups in total. The van der Waals surface area contributed by atoms with Crippen LogP contribution in [0.15, 0.2) is 73.2 Å². The van der Waals surface area contributed by atoms with E-state index in [1.807, 2.05) is 34.5 Å². The molecule has 0 spiro atoms. The maximum absolute atomic E-state index is 4.65. The SMILES string of the molecule is CC(C)c1ccc(CCc2ncc(Cc3cccc(-n4cccn4)c3)s2)cc1. The Labute approximate surface area is 170 Å². The molecule has 0 aliphatic carbocycles. The van der Waals surface area contributed by atoms with Crippen LogP contribution in [-0.2, 0) is 19.3 Å². The molecule has 0 fully saturated rings. The summed E-state index contributed by atoms with van der Waals surface area (Å²) in [5, 5.41) is 5.53. The van der Waals surface area contributed by atoms with Gasteiger partial charge < -0.3 is 0 Å². The van der Waals surface area contributed by atoms with E-state index in [9.17, 15) is 0 Å². The number of hydrogen-bond acceptors (Lipinski definition) is 3. The van der Waals surface area contributed by atoms with Crippen molar-refractivity contribution in [1.82, 2.24) is 14.8 Å². The molecule has 4 aromatic rings. The number of hydrogen-bond donors (Lipinski definition) is 0. The fraction of sp³-hybridized carbons (Fsp3) is 0.250. The molecular formula is C24H25N3S. The van der Waals surface area contributed by atoms with Crippen LogP contribution in [0.1, 0.15) is 46.3 Å². The molecule has 4 heteroatoms. The van der Waals surface area contributed by atoms with Crippen molar-refractivity contribution in [3.63, 3.8) is 0 Å². The highest BCUT2D eigenvalue weighted by atomic mass is 32.1. The molecule has 0 unspecified atom stereocenters. The number of aromatic nitrogens is 3. The molecule has 3 nitrogen and oxygen atoms in total. The predicted molar refractivity (Wildman–Crippen MR) is 116 cm³/mol. The monoisotopic (exact) mass is 387 g/mol. The molecule has 4 rings (SSSR count). The standard InChI is InChI=1S/C24H25N3S/c1-18(2)21-10-7-19(8-11-21)9-12-24-25-17-23(28-24)16-20-5-3-6-22(15-20)27-14-4-13-26-27/h3-8,10-11,13-15,17-18H,9,12,16H2,1-2H3. The zero-order valence-corrected chi connectivity index (χ0v) is 17.2. The third-order valence-corrected chi connectivity index (χ3v) is 5.99. The number of nitrogens with zero attached hydrogens (tertiary/aromatic N) is 3. The Balaban J connectivity index is 1.37. The fourth-order valence-electron chi connectivity index (χ4n) is 3.30. The van der Waals surface area contributed by atoms with Gasteiger partial charge in [-0.3, -0.25) is 0 Å². The first-order chi connectivity index (χ1) is 13.7. The lowest BCUT2D eigenvalue weighted by Gasteiger charge is -2.06. The topological polar surface area (TPSA) is 30.7 Å². The van der Waals surface area contributed by atoms with Crippen LogP contribution >= 0.6 is 11.3 Å². The molecule has 0 saturated carbocycles. The number of aryl methyl sites for hydroxylation is 2. The van der Waals surface area contributed by atoms with Gasteiger partial charge in [0.25, 0.3) is 0 Å². The summed E-state index contributed by atoms with van der Waals surface area (Å²) in [5.41, 5.74) is 5.16. The summed E-state index contributed by atoms with van der Waals surface area (Å²) in [6.07, 6.45) is 8.76. The highest BCUT2D eigenvalue weighted by molar-refractivity contribution is 7.11. The van der Waals surface area contributed by atoms with Crippen LogP contribution in [-0.4, -0.2) is 14.8 Å². The molecular weight excluding hydrogens is 362 g/mol. The minimum atomic E-state index is 0.586. The van der Waals surface area contributed by atoms with Crippen molar-refractivity contribution in [3.8, 4) is 5.69 Å². The second-order valence-electron chi connectivity index (χ2n) is 7.41. The lowest BCUT2D eigenvalue weighted by Crippen LogP contribution is -1.95. The molecule has 2 aromatic carbocycles. The first-order valence-electron chi connectivity index (χ1n) is 9.79. The van der Waals surface area contributed by atoms with Crippen molar-refractivity contribution in [2.75, 3.05) is 0 Å². The minimum absolute atomic E-state index is 0.586.